The van der Waals surface area contributed by atoms with Gasteiger partial charge in [-0.1, -0.05) is 11.8 Å². The van der Waals surface area contributed by atoms with Crippen molar-refractivity contribution in [2.45, 2.75) is 19.3 Å². The number of rotatable bonds is 4. The summed E-state index contributed by atoms with van der Waals surface area (Å²) < 4.78 is 0. The van der Waals surface area contributed by atoms with E-state index in [0.717, 1.165) is 24.5 Å². The van der Waals surface area contributed by atoms with E-state index in [1.165, 1.54) is 24.2 Å². The molecule has 1 amide bonds. The summed E-state index contributed by atoms with van der Waals surface area (Å²) >= 11 is 1.40. The van der Waals surface area contributed by atoms with Crippen molar-refractivity contribution in [2.24, 2.45) is 5.92 Å². The second-order valence-corrected chi connectivity index (χ2v) is 6.50. The molecule has 21 heavy (non-hydrogen) atoms. The van der Waals surface area contributed by atoms with Crippen molar-refractivity contribution >= 4 is 17.2 Å². The van der Waals surface area contributed by atoms with E-state index < -0.39 is 0 Å². The first-order chi connectivity index (χ1) is 10.2. The molecule has 0 bridgehead atoms. The van der Waals surface area contributed by atoms with E-state index in [0.29, 0.717) is 17.2 Å². The monoisotopic (exact) mass is 306 g/mol. The lowest BCUT2D eigenvalue weighted by Crippen LogP contribution is -2.38. The molecule has 2 heterocycles. The Morgan fingerprint density at radius 2 is 2.43 bits per heavy atom. The zero-order chi connectivity index (χ0) is 15.1. The highest BCUT2D eigenvalue weighted by Gasteiger charge is 2.18. The summed E-state index contributed by atoms with van der Waals surface area (Å²) in [6, 6.07) is 3.67. The van der Waals surface area contributed by atoms with Gasteiger partial charge in [-0.3, -0.25) is 4.79 Å². The summed E-state index contributed by atoms with van der Waals surface area (Å²) in [5, 5.41) is 11.7. The van der Waals surface area contributed by atoms with E-state index in [-0.39, 0.29) is 12.5 Å². The molecule has 1 atom stereocenters. The van der Waals surface area contributed by atoms with Crippen molar-refractivity contribution in [3.63, 3.8) is 0 Å². The smallest absolute Gasteiger partial charge is 0.261 e. The maximum atomic E-state index is 12.1. The third-order valence-corrected chi connectivity index (χ3v) is 4.55. The van der Waals surface area contributed by atoms with Gasteiger partial charge in [-0.05, 0) is 44.5 Å². The summed E-state index contributed by atoms with van der Waals surface area (Å²) in [6.07, 6.45) is 2.86. The van der Waals surface area contributed by atoms with Crippen molar-refractivity contribution in [3.8, 4) is 11.8 Å². The molecule has 1 unspecified atom stereocenters. The molecular weight excluding hydrogens is 284 g/mol. The highest BCUT2D eigenvalue weighted by molar-refractivity contribution is 7.14. The summed E-state index contributed by atoms with van der Waals surface area (Å²) in [5.74, 6) is 6.36. The fourth-order valence-corrected chi connectivity index (χ4v) is 3.29. The standard InChI is InChI=1S/C16H22N2O2S/c1-18-9-4-5-13(12-18)11-17-16(20)15-8-7-14(21-15)6-2-3-10-19/h7-8,13,19H,3-5,9-12H2,1H3,(H,17,20). The third-order valence-electron chi connectivity index (χ3n) is 3.55. The Morgan fingerprint density at radius 1 is 1.57 bits per heavy atom. The Kier molecular flexibility index (Phi) is 6.24. The maximum absolute atomic E-state index is 12.1. The summed E-state index contributed by atoms with van der Waals surface area (Å²) in [4.78, 5) is 16.0. The largest absolute Gasteiger partial charge is 0.395 e. The zero-order valence-electron chi connectivity index (χ0n) is 12.4. The Labute approximate surface area is 130 Å². The Hall–Kier alpha value is -1.35. The fraction of sp³-hybridized carbons (Fsp3) is 0.562. The molecule has 1 aromatic heterocycles. The second kappa shape index (κ2) is 8.18. The number of likely N-dealkylation sites (tertiary alicyclic amines) is 1. The van der Waals surface area contributed by atoms with E-state index in [2.05, 4.69) is 29.1 Å². The van der Waals surface area contributed by atoms with Gasteiger partial charge in [0.15, 0.2) is 0 Å². The summed E-state index contributed by atoms with van der Waals surface area (Å²) in [6.45, 7) is 3.03. The number of hydrogen-bond donors (Lipinski definition) is 2. The molecule has 0 aromatic carbocycles. The van der Waals surface area contributed by atoms with Gasteiger partial charge in [0.1, 0.15) is 0 Å². The molecule has 114 valence electrons. The molecule has 1 saturated heterocycles. The summed E-state index contributed by atoms with van der Waals surface area (Å²) in [7, 11) is 2.13. The number of thiophene rings is 1. The first-order valence-electron chi connectivity index (χ1n) is 7.35. The maximum Gasteiger partial charge on any atom is 0.261 e. The molecule has 5 heteroatoms. The molecular formula is C16H22N2O2S. The second-order valence-electron chi connectivity index (χ2n) is 5.42. The number of amides is 1. The van der Waals surface area contributed by atoms with Gasteiger partial charge < -0.3 is 15.3 Å². The summed E-state index contributed by atoms with van der Waals surface area (Å²) in [5.41, 5.74) is 0. The lowest BCUT2D eigenvalue weighted by atomic mass is 9.98. The van der Waals surface area contributed by atoms with Gasteiger partial charge in [0, 0.05) is 19.5 Å². The minimum Gasteiger partial charge on any atom is -0.395 e. The van der Waals surface area contributed by atoms with Crippen molar-refractivity contribution in [1.82, 2.24) is 10.2 Å². The molecule has 1 aliphatic rings. The number of aliphatic hydroxyl groups excluding tert-OH is 1. The van der Waals surface area contributed by atoms with Crippen LogP contribution in [0.1, 0.15) is 33.8 Å². The minimum absolute atomic E-state index is 0.0107. The van der Waals surface area contributed by atoms with Gasteiger partial charge in [-0.25, -0.2) is 0 Å². The van der Waals surface area contributed by atoms with E-state index in [4.69, 9.17) is 5.11 Å². The molecule has 4 nitrogen and oxygen atoms in total. The molecule has 1 fully saturated rings. The van der Waals surface area contributed by atoms with Gasteiger partial charge in [0.25, 0.3) is 5.91 Å². The fourth-order valence-electron chi connectivity index (χ4n) is 2.50. The van der Waals surface area contributed by atoms with E-state index >= 15 is 0 Å². The van der Waals surface area contributed by atoms with Crippen LogP contribution in [0.3, 0.4) is 0 Å². The average molecular weight is 306 g/mol. The van der Waals surface area contributed by atoms with Crippen LogP contribution in [0.5, 0.6) is 0 Å². The number of carbonyl (C=O) groups is 1. The molecule has 1 aromatic rings. The van der Waals surface area contributed by atoms with E-state index in [9.17, 15) is 4.79 Å². The van der Waals surface area contributed by atoms with Gasteiger partial charge >= 0.3 is 0 Å². The zero-order valence-corrected chi connectivity index (χ0v) is 13.2. The van der Waals surface area contributed by atoms with Crippen LogP contribution in [0, 0.1) is 17.8 Å². The highest BCUT2D eigenvalue weighted by atomic mass is 32.1. The van der Waals surface area contributed by atoms with Crippen LogP contribution in [0.4, 0.5) is 0 Å². The molecule has 0 saturated carbocycles. The van der Waals surface area contributed by atoms with Crippen LogP contribution in [0.2, 0.25) is 0 Å². The number of nitrogens with one attached hydrogen (secondary N) is 1. The third kappa shape index (κ3) is 5.16. The van der Waals surface area contributed by atoms with Crippen molar-refractivity contribution < 1.29 is 9.90 Å². The van der Waals surface area contributed by atoms with Gasteiger partial charge in [-0.2, -0.15) is 0 Å². The van der Waals surface area contributed by atoms with Gasteiger partial charge in [0.05, 0.1) is 16.4 Å². The van der Waals surface area contributed by atoms with Crippen LogP contribution < -0.4 is 5.32 Å². The average Bonchev–Trinajstić information content (AvgIpc) is 2.94. The van der Waals surface area contributed by atoms with Crippen LogP contribution >= 0.6 is 11.3 Å². The van der Waals surface area contributed by atoms with Crippen molar-refractivity contribution in [2.75, 3.05) is 33.3 Å². The van der Waals surface area contributed by atoms with E-state index in [1.807, 2.05) is 12.1 Å². The number of nitrogens with zero attached hydrogens (tertiary/aromatic N) is 1. The van der Waals surface area contributed by atoms with Gasteiger partial charge in [0.2, 0.25) is 0 Å². The highest BCUT2D eigenvalue weighted by Crippen LogP contribution is 2.17. The first kappa shape index (κ1) is 16.0. The van der Waals surface area contributed by atoms with Crippen LogP contribution in [-0.2, 0) is 0 Å². The molecule has 0 radical (unpaired) electrons. The SMILES string of the molecule is CN1CCCC(CNC(=O)c2ccc(C#CCCO)s2)C1. The first-order valence-corrected chi connectivity index (χ1v) is 8.17. The lowest BCUT2D eigenvalue weighted by molar-refractivity contribution is 0.0941. The lowest BCUT2D eigenvalue weighted by Gasteiger charge is -2.29. The normalized spacial score (nSPS) is 18.9. The molecule has 0 aliphatic carbocycles. The Morgan fingerprint density at radius 3 is 3.19 bits per heavy atom. The van der Waals surface area contributed by atoms with E-state index in [1.54, 1.807) is 0 Å². The number of piperidine rings is 1. The number of carbonyl (C=O) groups excluding carboxylic acids is 1. The molecule has 2 rings (SSSR count). The molecule has 0 spiro atoms. The number of hydrogen-bond acceptors (Lipinski definition) is 4. The number of aliphatic hydroxyl groups is 1. The minimum atomic E-state index is -0.0107. The van der Waals surface area contributed by atoms with Crippen LogP contribution in [-0.4, -0.2) is 49.2 Å². The molecule has 1 aliphatic heterocycles. The predicted octanol–water partition coefficient (Wildman–Crippen LogP) is 1.55. The Bertz CT molecular complexity index is 530. The quantitative estimate of drug-likeness (QED) is 0.830. The van der Waals surface area contributed by atoms with Crippen LogP contribution in [0.15, 0.2) is 12.1 Å². The van der Waals surface area contributed by atoms with Crippen molar-refractivity contribution in [3.05, 3.63) is 21.9 Å². The predicted molar refractivity (Wildman–Crippen MR) is 85.5 cm³/mol. The van der Waals surface area contributed by atoms with Crippen molar-refractivity contribution in [1.29, 1.82) is 0 Å². The topological polar surface area (TPSA) is 52.6 Å². The molecule has 2 N–H and O–H groups in total. The Balaban J connectivity index is 1.82. The van der Waals surface area contributed by atoms with Crippen LogP contribution in [0.25, 0.3) is 0 Å². The van der Waals surface area contributed by atoms with Gasteiger partial charge in [-0.15, -0.1) is 11.3 Å².